The first kappa shape index (κ1) is 33.6. The van der Waals surface area contributed by atoms with Crippen molar-refractivity contribution >= 4 is 34.8 Å². The van der Waals surface area contributed by atoms with Gasteiger partial charge in [0.15, 0.2) is 0 Å². The molecule has 4 aliphatic heterocycles. The number of ether oxygens (including phenoxy) is 4. The molecule has 2 N–H and O–H groups in total. The van der Waals surface area contributed by atoms with E-state index in [2.05, 4.69) is 40.2 Å². The van der Waals surface area contributed by atoms with Crippen LogP contribution in [0.3, 0.4) is 0 Å². The normalized spacial score (nSPS) is 19.3. The second-order valence-electron chi connectivity index (χ2n) is 11.7. The third kappa shape index (κ3) is 8.75. The molecule has 6 rings (SSSR count). The van der Waals surface area contributed by atoms with Crippen molar-refractivity contribution in [3.63, 3.8) is 0 Å². The van der Waals surface area contributed by atoms with Crippen molar-refractivity contribution in [1.29, 1.82) is 0 Å². The van der Waals surface area contributed by atoms with Crippen LogP contribution in [0.1, 0.15) is 27.7 Å². The number of nitrogens with zero attached hydrogens (tertiary/aromatic N) is 6. The third-order valence-electron chi connectivity index (χ3n) is 8.43. The van der Waals surface area contributed by atoms with Crippen molar-refractivity contribution in [2.75, 3.05) is 112 Å². The van der Waals surface area contributed by atoms with E-state index >= 15 is 0 Å². The van der Waals surface area contributed by atoms with Crippen molar-refractivity contribution in [1.82, 2.24) is 19.8 Å². The molecule has 46 heavy (non-hydrogen) atoms. The Balaban J connectivity index is 0.000000181. The zero-order valence-electron chi connectivity index (χ0n) is 27.5. The van der Waals surface area contributed by atoms with Gasteiger partial charge < -0.3 is 39.4 Å². The molecule has 2 aromatic rings. The summed E-state index contributed by atoms with van der Waals surface area (Å²) in [4.78, 5) is 40.8. The van der Waals surface area contributed by atoms with E-state index in [9.17, 15) is 9.59 Å². The number of pyridine rings is 2. The predicted molar refractivity (Wildman–Crippen MR) is 176 cm³/mol. The van der Waals surface area contributed by atoms with Crippen LogP contribution >= 0.6 is 0 Å². The fraction of sp³-hybridized carbons (Fsp3) is 0.625. The Morgan fingerprint density at radius 1 is 0.674 bits per heavy atom. The summed E-state index contributed by atoms with van der Waals surface area (Å²) in [7, 11) is 0. The molecule has 4 saturated heterocycles. The number of piperazine rings is 2. The minimum absolute atomic E-state index is 0.135. The van der Waals surface area contributed by atoms with E-state index in [1.807, 2.05) is 38.1 Å². The van der Waals surface area contributed by atoms with Gasteiger partial charge in [-0.05, 0) is 38.1 Å². The molecule has 0 aromatic carbocycles. The molecule has 0 saturated carbocycles. The first-order valence-electron chi connectivity index (χ1n) is 16.3. The third-order valence-corrected chi connectivity index (χ3v) is 8.43. The van der Waals surface area contributed by atoms with Gasteiger partial charge in [-0.2, -0.15) is 9.97 Å². The SMILES string of the molecule is CCOc1nc(NC(C)=O)ccc1N1CCN(C2COC2)CC1.CCOc1nc(NC(C)=O)ccc1N1CCN(C2COC2)CC1. The predicted octanol–water partition coefficient (Wildman–Crippen LogP) is 1.92. The highest BCUT2D eigenvalue weighted by Gasteiger charge is 2.31. The van der Waals surface area contributed by atoms with Gasteiger partial charge >= 0.3 is 0 Å². The molecule has 14 nitrogen and oxygen atoms in total. The van der Waals surface area contributed by atoms with Gasteiger partial charge in [0.25, 0.3) is 0 Å². The molecule has 4 aliphatic rings. The number of amides is 2. The van der Waals surface area contributed by atoms with Crippen LogP contribution in [0.25, 0.3) is 0 Å². The lowest BCUT2D eigenvalue weighted by Crippen LogP contribution is -2.56. The van der Waals surface area contributed by atoms with Crippen LogP contribution in [-0.2, 0) is 19.1 Å². The number of hydrogen-bond acceptors (Lipinski definition) is 12. The van der Waals surface area contributed by atoms with Crippen LogP contribution < -0.4 is 29.9 Å². The van der Waals surface area contributed by atoms with Gasteiger partial charge in [-0.15, -0.1) is 0 Å². The Hall–Kier alpha value is -3.72. The second-order valence-corrected chi connectivity index (χ2v) is 11.7. The summed E-state index contributed by atoms with van der Waals surface area (Å²) in [6.45, 7) is 19.2. The summed E-state index contributed by atoms with van der Waals surface area (Å²) >= 11 is 0. The summed E-state index contributed by atoms with van der Waals surface area (Å²) in [5, 5.41) is 5.40. The van der Waals surface area contributed by atoms with Crippen molar-refractivity contribution in [2.45, 2.75) is 39.8 Å². The molecule has 0 radical (unpaired) electrons. The monoisotopic (exact) mass is 640 g/mol. The number of aromatic nitrogens is 2. The zero-order valence-corrected chi connectivity index (χ0v) is 27.5. The lowest BCUT2D eigenvalue weighted by molar-refractivity contribution is -0.115. The first-order chi connectivity index (χ1) is 22.3. The average molecular weight is 641 g/mol. The molecule has 0 atom stereocenters. The zero-order chi connectivity index (χ0) is 32.5. The Morgan fingerprint density at radius 3 is 1.33 bits per heavy atom. The van der Waals surface area contributed by atoms with Gasteiger partial charge in [-0.3, -0.25) is 19.4 Å². The van der Waals surface area contributed by atoms with Crippen molar-refractivity contribution in [3.05, 3.63) is 24.3 Å². The minimum Gasteiger partial charge on any atom is -0.476 e. The highest BCUT2D eigenvalue weighted by Crippen LogP contribution is 2.31. The maximum absolute atomic E-state index is 11.2. The number of anilines is 4. The largest absolute Gasteiger partial charge is 0.476 e. The molecule has 0 bridgehead atoms. The van der Waals surface area contributed by atoms with Gasteiger partial charge in [0.1, 0.15) is 23.0 Å². The van der Waals surface area contributed by atoms with Gasteiger partial charge in [0.05, 0.1) is 51.7 Å². The summed E-state index contributed by atoms with van der Waals surface area (Å²) in [5.74, 6) is 1.94. The van der Waals surface area contributed by atoms with Gasteiger partial charge in [0.2, 0.25) is 23.6 Å². The molecule has 252 valence electrons. The molecule has 0 aliphatic carbocycles. The van der Waals surface area contributed by atoms with Crippen molar-refractivity contribution < 1.29 is 28.5 Å². The standard InChI is InChI=1S/2C16H24N4O3/c2*1-3-23-16-14(4-5-15(18-16)17-12(2)21)20-8-6-19(7-9-20)13-10-22-11-13/h2*4-5,13H,3,6-11H2,1-2H3,(H,17,18,21). The molecular weight excluding hydrogens is 592 g/mol. The Morgan fingerprint density at radius 2 is 1.04 bits per heavy atom. The number of rotatable bonds is 10. The molecule has 0 spiro atoms. The van der Waals surface area contributed by atoms with Crippen LogP contribution in [0.15, 0.2) is 24.3 Å². The van der Waals surface area contributed by atoms with E-state index in [1.165, 1.54) is 13.8 Å². The number of nitrogens with one attached hydrogen (secondary N) is 2. The van der Waals surface area contributed by atoms with E-state index in [0.717, 1.165) is 90.2 Å². The summed E-state index contributed by atoms with van der Waals surface area (Å²) in [6.07, 6.45) is 0. The number of hydrogen-bond donors (Lipinski definition) is 2. The maximum atomic E-state index is 11.2. The second kappa shape index (κ2) is 16.2. The summed E-state index contributed by atoms with van der Waals surface area (Å²) in [5.41, 5.74) is 1.98. The van der Waals surface area contributed by atoms with Gasteiger partial charge in [0, 0.05) is 66.2 Å². The van der Waals surface area contributed by atoms with Crippen molar-refractivity contribution in [2.24, 2.45) is 0 Å². The number of carbonyl (C=O) groups excluding carboxylic acids is 2. The smallest absolute Gasteiger partial charge is 0.239 e. The fourth-order valence-corrected chi connectivity index (χ4v) is 5.86. The molecule has 14 heteroatoms. The molecule has 2 amide bonds. The van der Waals surface area contributed by atoms with E-state index in [0.29, 0.717) is 48.7 Å². The van der Waals surface area contributed by atoms with E-state index in [-0.39, 0.29) is 11.8 Å². The Kier molecular flexibility index (Phi) is 11.9. The average Bonchev–Trinajstić information content (AvgIpc) is 2.97. The van der Waals surface area contributed by atoms with Crippen LogP contribution in [0.4, 0.5) is 23.0 Å². The van der Waals surface area contributed by atoms with Crippen LogP contribution in [-0.4, -0.2) is 136 Å². The number of carbonyl (C=O) groups is 2. The highest BCUT2D eigenvalue weighted by atomic mass is 16.5. The van der Waals surface area contributed by atoms with E-state index in [1.54, 1.807) is 0 Å². The topological polar surface area (TPSA) is 134 Å². The van der Waals surface area contributed by atoms with Crippen LogP contribution in [0.2, 0.25) is 0 Å². The molecule has 4 fully saturated rings. The molecule has 2 aromatic heterocycles. The van der Waals surface area contributed by atoms with Crippen molar-refractivity contribution in [3.8, 4) is 11.8 Å². The minimum atomic E-state index is -0.135. The maximum Gasteiger partial charge on any atom is 0.239 e. The van der Waals surface area contributed by atoms with E-state index < -0.39 is 0 Å². The van der Waals surface area contributed by atoms with E-state index in [4.69, 9.17) is 18.9 Å². The van der Waals surface area contributed by atoms with Crippen LogP contribution in [0.5, 0.6) is 11.8 Å². The summed E-state index contributed by atoms with van der Waals surface area (Å²) < 4.78 is 21.9. The van der Waals surface area contributed by atoms with Gasteiger partial charge in [-0.25, -0.2) is 0 Å². The summed E-state index contributed by atoms with van der Waals surface area (Å²) in [6, 6.07) is 8.78. The first-order valence-corrected chi connectivity index (χ1v) is 16.3. The van der Waals surface area contributed by atoms with Crippen LogP contribution in [0, 0.1) is 0 Å². The molecule has 0 unspecified atom stereocenters. The quantitative estimate of drug-likeness (QED) is 0.393. The fourth-order valence-electron chi connectivity index (χ4n) is 5.86. The lowest BCUT2D eigenvalue weighted by Gasteiger charge is -2.43. The molecule has 6 heterocycles. The Labute approximate surface area is 271 Å². The lowest BCUT2D eigenvalue weighted by atomic mass is 10.1. The van der Waals surface area contributed by atoms with Gasteiger partial charge in [-0.1, -0.05) is 0 Å². The Bertz CT molecular complexity index is 1210. The highest BCUT2D eigenvalue weighted by molar-refractivity contribution is 5.88. The molecular formula is C32H48N8O6.